The Hall–Kier alpha value is -1.36. The van der Waals surface area contributed by atoms with Crippen LogP contribution in [0.3, 0.4) is 0 Å². The van der Waals surface area contributed by atoms with Crippen molar-refractivity contribution in [1.82, 2.24) is 5.32 Å². The summed E-state index contributed by atoms with van der Waals surface area (Å²) in [6.07, 6.45) is -0.0481. The van der Waals surface area contributed by atoms with Gasteiger partial charge < -0.3 is 10.4 Å². The molecule has 4 nitrogen and oxygen atoms in total. The molecule has 0 aliphatic carbocycles. The molecule has 1 atom stereocenters. The van der Waals surface area contributed by atoms with Crippen LogP contribution in [0.15, 0.2) is 16.8 Å². The molecule has 1 aromatic rings. The van der Waals surface area contributed by atoms with Gasteiger partial charge in [0.1, 0.15) is 0 Å². The van der Waals surface area contributed by atoms with Crippen molar-refractivity contribution in [3.8, 4) is 0 Å². The van der Waals surface area contributed by atoms with E-state index < -0.39 is 5.97 Å². The number of carbonyl (C=O) groups is 2. The van der Waals surface area contributed by atoms with Crippen LogP contribution in [-0.2, 0) is 4.79 Å². The molecule has 1 rings (SSSR count). The zero-order chi connectivity index (χ0) is 12.1. The van der Waals surface area contributed by atoms with Crippen LogP contribution in [0.5, 0.6) is 0 Å². The molecule has 0 saturated heterocycles. The van der Waals surface area contributed by atoms with Gasteiger partial charge in [-0.1, -0.05) is 13.8 Å². The number of carboxylic acids is 1. The first-order chi connectivity index (χ1) is 7.50. The summed E-state index contributed by atoms with van der Waals surface area (Å²) >= 11 is 1.44. The van der Waals surface area contributed by atoms with Gasteiger partial charge in [-0.15, -0.1) is 0 Å². The van der Waals surface area contributed by atoms with Crippen LogP contribution in [-0.4, -0.2) is 23.0 Å². The van der Waals surface area contributed by atoms with E-state index in [1.165, 1.54) is 11.3 Å². The molecule has 0 aromatic carbocycles. The second-order valence-corrected chi connectivity index (χ2v) is 4.71. The van der Waals surface area contributed by atoms with E-state index in [0.29, 0.717) is 5.56 Å². The van der Waals surface area contributed by atoms with E-state index in [2.05, 4.69) is 5.32 Å². The summed E-state index contributed by atoms with van der Waals surface area (Å²) in [6.45, 7) is 3.78. The normalized spacial score (nSPS) is 12.4. The Balaban J connectivity index is 2.61. The monoisotopic (exact) mass is 241 g/mol. The zero-order valence-electron chi connectivity index (χ0n) is 9.27. The van der Waals surface area contributed by atoms with Crippen LogP contribution < -0.4 is 5.32 Å². The van der Waals surface area contributed by atoms with Gasteiger partial charge in [0.15, 0.2) is 0 Å². The lowest BCUT2D eigenvalue weighted by molar-refractivity contribution is -0.137. The molecule has 0 bridgehead atoms. The minimum Gasteiger partial charge on any atom is -0.481 e. The first-order valence-corrected chi connectivity index (χ1v) is 6.00. The Morgan fingerprint density at radius 1 is 1.50 bits per heavy atom. The van der Waals surface area contributed by atoms with Gasteiger partial charge in [0.05, 0.1) is 6.42 Å². The predicted molar refractivity (Wildman–Crippen MR) is 62.7 cm³/mol. The van der Waals surface area contributed by atoms with E-state index in [9.17, 15) is 9.59 Å². The summed E-state index contributed by atoms with van der Waals surface area (Å²) in [5.74, 6) is -1.01. The van der Waals surface area contributed by atoms with E-state index in [1.807, 2.05) is 19.2 Å². The number of nitrogens with one attached hydrogen (secondary N) is 1. The fourth-order valence-electron chi connectivity index (χ4n) is 1.29. The van der Waals surface area contributed by atoms with Crippen molar-refractivity contribution < 1.29 is 14.7 Å². The summed E-state index contributed by atoms with van der Waals surface area (Å²) in [5.41, 5.74) is 0.584. The van der Waals surface area contributed by atoms with Gasteiger partial charge in [-0.2, -0.15) is 11.3 Å². The molecule has 0 radical (unpaired) electrons. The minimum absolute atomic E-state index is 0.0481. The van der Waals surface area contributed by atoms with Gasteiger partial charge in [0, 0.05) is 17.0 Å². The fraction of sp³-hybridized carbons (Fsp3) is 0.455. The average molecular weight is 241 g/mol. The highest BCUT2D eigenvalue weighted by molar-refractivity contribution is 7.08. The third kappa shape index (κ3) is 3.66. The van der Waals surface area contributed by atoms with Crippen LogP contribution in [0, 0.1) is 5.92 Å². The van der Waals surface area contributed by atoms with Gasteiger partial charge in [0.2, 0.25) is 0 Å². The van der Waals surface area contributed by atoms with E-state index in [1.54, 1.807) is 11.4 Å². The number of aliphatic carboxylic acids is 1. The Kier molecular flexibility index (Phi) is 4.49. The molecule has 1 heterocycles. The SMILES string of the molecule is CC(C)C(CC(=O)O)NC(=O)c1ccsc1. The lowest BCUT2D eigenvalue weighted by Crippen LogP contribution is -2.39. The number of amides is 1. The predicted octanol–water partition coefficient (Wildman–Crippen LogP) is 1.98. The average Bonchev–Trinajstić information content (AvgIpc) is 2.68. The van der Waals surface area contributed by atoms with Crippen LogP contribution >= 0.6 is 11.3 Å². The first-order valence-electron chi connectivity index (χ1n) is 5.05. The Bertz CT molecular complexity index is 359. The third-order valence-electron chi connectivity index (χ3n) is 2.30. The molecule has 1 amide bonds. The lowest BCUT2D eigenvalue weighted by atomic mass is 10.0. The van der Waals surface area contributed by atoms with Crippen molar-refractivity contribution in [2.24, 2.45) is 5.92 Å². The first kappa shape index (κ1) is 12.7. The summed E-state index contributed by atoms with van der Waals surface area (Å²) in [5, 5.41) is 15.0. The van der Waals surface area contributed by atoms with Crippen LogP contribution in [0.25, 0.3) is 0 Å². The highest BCUT2D eigenvalue weighted by Gasteiger charge is 2.20. The largest absolute Gasteiger partial charge is 0.481 e. The summed E-state index contributed by atoms with van der Waals surface area (Å²) < 4.78 is 0. The van der Waals surface area contributed by atoms with Crippen molar-refractivity contribution >= 4 is 23.2 Å². The fourth-order valence-corrected chi connectivity index (χ4v) is 1.92. The van der Waals surface area contributed by atoms with Gasteiger partial charge in [0.25, 0.3) is 5.91 Å². The highest BCUT2D eigenvalue weighted by atomic mass is 32.1. The topological polar surface area (TPSA) is 66.4 Å². The lowest BCUT2D eigenvalue weighted by Gasteiger charge is -2.20. The number of rotatable bonds is 5. The van der Waals surface area contributed by atoms with E-state index >= 15 is 0 Å². The molecule has 0 aliphatic rings. The van der Waals surface area contributed by atoms with Crippen LogP contribution in [0.4, 0.5) is 0 Å². The molecule has 2 N–H and O–H groups in total. The van der Waals surface area contributed by atoms with Gasteiger partial charge in [-0.3, -0.25) is 9.59 Å². The molecular weight excluding hydrogens is 226 g/mol. The van der Waals surface area contributed by atoms with Crippen LogP contribution in [0.2, 0.25) is 0 Å². The van der Waals surface area contributed by atoms with Crippen molar-refractivity contribution in [3.05, 3.63) is 22.4 Å². The number of thiophene rings is 1. The molecule has 1 unspecified atom stereocenters. The summed E-state index contributed by atoms with van der Waals surface area (Å²) in [6, 6.07) is 1.39. The van der Waals surface area contributed by atoms with Crippen LogP contribution in [0.1, 0.15) is 30.6 Å². The van der Waals surface area contributed by atoms with Gasteiger partial charge in [-0.05, 0) is 17.4 Å². The Labute approximate surface area is 98.3 Å². The highest BCUT2D eigenvalue weighted by Crippen LogP contribution is 2.10. The van der Waals surface area contributed by atoms with Crippen molar-refractivity contribution in [1.29, 1.82) is 0 Å². The van der Waals surface area contributed by atoms with E-state index in [4.69, 9.17) is 5.11 Å². The number of hydrogen-bond donors (Lipinski definition) is 2. The van der Waals surface area contributed by atoms with Crippen molar-refractivity contribution in [2.45, 2.75) is 26.3 Å². The summed E-state index contributed by atoms with van der Waals surface area (Å²) in [7, 11) is 0. The molecule has 0 fully saturated rings. The van der Waals surface area contributed by atoms with Crippen molar-refractivity contribution in [3.63, 3.8) is 0 Å². The standard InChI is InChI=1S/C11H15NO3S/c1-7(2)9(5-10(13)14)12-11(15)8-3-4-16-6-8/h3-4,6-7,9H,5H2,1-2H3,(H,12,15)(H,13,14). The van der Waals surface area contributed by atoms with E-state index in [-0.39, 0.29) is 24.3 Å². The van der Waals surface area contributed by atoms with Gasteiger partial charge in [-0.25, -0.2) is 0 Å². The van der Waals surface area contributed by atoms with Crippen molar-refractivity contribution in [2.75, 3.05) is 0 Å². The maximum Gasteiger partial charge on any atom is 0.305 e. The molecule has 0 saturated carbocycles. The van der Waals surface area contributed by atoms with Gasteiger partial charge >= 0.3 is 5.97 Å². The smallest absolute Gasteiger partial charge is 0.305 e. The molecular formula is C11H15NO3S. The molecule has 5 heteroatoms. The second kappa shape index (κ2) is 5.65. The molecule has 16 heavy (non-hydrogen) atoms. The molecule has 0 spiro atoms. The Morgan fingerprint density at radius 2 is 2.19 bits per heavy atom. The maximum atomic E-state index is 11.7. The maximum absolute atomic E-state index is 11.7. The Morgan fingerprint density at radius 3 is 2.62 bits per heavy atom. The number of hydrogen-bond acceptors (Lipinski definition) is 3. The molecule has 88 valence electrons. The molecule has 1 aromatic heterocycles. The third-order valence-corrected chi connectivity index (χ3v) is 2.98. The number of carbonyl (C=O) groups excluding carboxylic acids is 1. The minimum atomic E-state index is -0.899. The zero-order valence-corrected chi connectivity index (χ0v) is 10.1. The number of carboxylic acid groups (broad SMARTS) is 1. The second-order valence-electron chi connectivity index (χ2n) is 3.93. The quantitative estimate of drug-likeness (QED) is 0.828. The molecule has 0 aliphatic heterocycles. The van der Waals surface area contributed by atoms with E-state index in [0.717, 1.165) is 0 Å². The summed E-state index contributed by atoms with van der Waals surface area (Å²) in [4.78, 5) is 22.3.